The van der Waals surface area contributed by atoms with Crippen LogP contribution in [0, 0.1) is 5.41 Å². The van der Waals surface area contributed by atoms with Crippen molar-refractivity contribution in [3.8, 4) is 0 Å². The van der Waals surface area contributed by atoms with Crippen LogP contribution in [0.3, 0.4) is 0 Å². The number of ether oxygens (including phenoxy) is 1. The van der Waals surface area contributed by atoms with Gasteiger partial charge in [0.1, 0.15) is 0 Å². The number of amides is 1. The van der Waals surface area contributed by atoms with Crippen molar-refractivity contribution in [1.82, 2.24) is 5.32 Å². The van der Waals surface area contributed by atoms with Crippen LogP contribution in [-0.4, -0.2) is 36.9 Å². The smallest absolute Gasteiger partial charge is 0.228 e. The zero-order valence-corrected chi connectivity index (χ0v) is 8.17. The first-order chi connectivity index (χ1) is 6.04. The van der Waals surface area contributed by atoms with E-state index >= 15 is 0 Å². The highest BCUT2D eigenvalue weighted by atomic mass is 16.5. The van der Waals surface area contributed by atoms with Gasteiger partial charge in [0.25, 0.3) is 0 Å². The van der Waals surface area contributed by atoms with Gasteiger partial charge in [0.15, 0.2) is 0 Å². The fourth-order valence-corrected chi connectivity index (χ4v) is 1.30. The first kappa shape index (κ1) is 10.5. The molecule has 0 radical (unpaired) electrons. The van der Waals surface area contributed by atoms with E-state index in [0.29, 0.717) is 19.8 Å². The van der Waals surface area contributed by atoms with E-state index in [1.807, 2.05) is 6.92 Å². The maximum Gasteiger partial charge on any atom is 0.228 e. The topological polar surface area (TPSA) is 58.6 Å². The van der Waals surface area contributed by atoms with Gasteiger partial charge >= 0.3 is 0 Å². The lowest BCUT2D eigenvalue weighted by Crippen LogP contribution is -2.42. The molecule has 0 aliphatic carbocycles. The van der Waals surface area contributed by atoms with E-state index < -0.39 is 11.5 Å². The van der Waals surface area contributed by atoms with Gasteiger partial charge in [0.05, 0.1) is 18.1 Å². The van der Waals surface area contributed by atoms with Gasteiger partial charge < -0.3 is 15.2 Å². The monoisotopic (exact) mass is 187 g/mol. The SMILES string of the molecule is C[C@@H](O)CNC(=O)C1(C)CCOC1. The second-order valence-electron chi connectivity index (χ2n) is 3.92. The Morgan fingerprint density at radius 2 is 2.46 bits per heavy atom. The predicted molar refractivity (Wildman–Crippen MR) is 48.2 cm³/mol. The summed E-state index contributed by atoms with van der Waals surface area (Å²) in [6, 6.07) is 0. The van der Waals surface area contributed by atoms with E-state index in [2.05, 4.69) is 5.32 Å². The van der Waals surface area contributed by atoms with Gasteiger partial charge in [-0.05, 0) is 20.3 Å². The molecule has 1 rings (SSSR count). The second-order valence-corrected chi connectivity index (χ2v) is 3.92. The van der Waals surface area contributed by atoms with Crippen molar-refractivity contribution in [3.05, 3.63) is 0 Å². The number of aliphatic hydroxyl groups excluding tert-OH is 1. The van der Waals surface area contributed by atoms with E-state index in [1.165, 1.54) is 0 Å². The molecule has 1 aliphatic heterocycles. The zero-order chi connectivity index (χ0) is 9.90. The van der Waals surface area contributed by atoms with Crippen molar-refractivity contribution in [2.24, 2.45) is 5.41 Å². The summed E-state index contributed by atoms with van der Waals surface area (Å²) in [4.78, 5) is 11.6. The van der Waals surface area contributed by atoms with Crippen LogP contribution < -0.4 is 5.32 Å². The van der Waals surface area contributed by atoms with Gasteiger partial charge in [0.2, 0.25) is 5.91 Å². The van der Waals surface area contributed by atoms with Crippen molar-refractivity contribution < 1.29 is 14.6 Å². The number of carbonyl (C=O) groups is 1. The number of hydrogen-bond acceptors (Lipinski definition) is 3. The Morgan fingerprint density at radius 1 is 1.77 bits per heavy atom. The van der Waals surface area contributed by atoms with Crippen LogP contribution in [0.15, 0.2) is 0 Å². The maximum absolute atomic E-state index is 11.6. The summed E-state index contributed by atoms with van der Waals surface area (Å²) in [5.41, 5.74) is -0.394. The summed E-state index contributed by atoms with van der Waals surface area (Å²) in [5, 5.41) is 11.7. The minimum atomic E-state index is -0.491. The normalized spacial score (nSPS) is 30.1. The molecule has 0 aromatic carbocycles. The van der Waals surface area contributed by atoms with E-state index in [9.17, 15) is 4.79 Å². The van der Waals surface area contributed by atoms with Crippen molar-refractivity contribution >= 4 is 5.91 Å². The third kappa shape index (κ3) is 2.67. The van der Waals surface area contributed by atoms with Crippen molar-refractivity contribution in [2.45, 2.75) is 26.4 Å². The van der Waals surface area contributed by atoms with Crippen LogP contribution in [0.4, 0.5) is 0 Å². The highest BCUT2D eigenvalue weighted by Gasteiger charge is 2.37. The van der Waals surface area contributed by atoms with Gasteiger partial charge in [-0.1, -0.05) is 0 Å². The van der Waals surface area contributed by atoms with Gasteiger partial charge in [-0.25, -0.2) is 0 Å². The molecular weight excluding hydrogens is 170 g/mol. The lowest BCUT2D eigenvalue weighted by atomic mass is 9.89. The molecule has 4 heteroatoms. The van der Waals surface area contributed by atoms with Crippen LogP contribution >= 0.6 is 0 Å². The summed E-state index contributed by atoms with van der Waals surface area (Å²) in [6.07, 6.45) is 0.272. The average molecular weight is 187 g/mol. The molecule has 0 bridgehead atoms. The molecule has 1 aliphatic rings. The van der Waals surface area contributed by atoms with Crippen LogP contribution in [0.2, 0.25) is 0 Å². The minimum absolute atomic E-state index is 0.0223. The highest BCUT2D eigenvalue weighted by molar-refractivity contribution is 5.82. The van der Waals surface area contributed by atoms with Gasteiger partial charge in [0, 0.05) is 13.2 Å². The minimum Gasteiger partial charge on any atom is -0.392 e. The van der Waals surface area contributed by atoms with E-state index in [1.54, 1.807) is 6.92 Å². The third-order valence-electron chi connectivity index (χ3n) is 2.33. The summed E-state index contributed by atoms with van der Waals surface area (Å²) < 4.78 is 5.16. The molecule has 0 saturated carbocycles. The van der Waals surface area contributed by atoms with Gasteiger partial charge in [-0.3, -0.25) is 4.79 Å². The molecule has 0 aromatic rings. The molecule has 1 saturated heterocycles. The quantitative estimate of drug-likeness (QED) is 0.649. The zero-order valence-electron chi connectivity index (χ0n) is 8.17. The molecule has 2 N–H and O–H groups in total. The summed E-state index contributed by atoms with van der Waals surface area (Å²) in [5.74, 6) is -0.0223. The molecule has 13 heavy (non-hydrogen) atoms. The summed E-state index contributed by atoms with van der Waals surface area (Å²) in [7, 11) is 0. The molecule has 0 aromatic heterocycles. The fraction of sp³-hybridized carbons (Fsp3) is 0.889. The number of rotatable bonds is 3. The average Bonchev–Trinajstić information content (AvgIpc) is 2.49. The number of nitrogens with one attached hydrogen (secondary N) is 1. The van der Waals surface area contributed by atoms with E-state index in [4.69, 9.17) is 9.84 Å². The van der Waals surface area contributed by atoms with E-state index in [0.717, 1.165) is 6.42 Å². The maximum atomic E-state index is 11.6. The van der Waals surface area contributed by atoms with E-state index in [-0.39, 0.29) is 5.91 Å². The Hall–Kier alpha value is -0.610. The van der Waals surface area contributed by atoms with Crippen molar-refractivity contribution in [3.63, 3.8) is 0 Å². The number of carbonyl (C=O) groups excluding carboxylic acids is 1. The summed E-state index contributed by atoms with van der Waals surface area (Å²) >= 11 is 0. The lowest BCUT2D eigenvalue weighted by molar-refractivity contribution is -0.130. The predicted octanol–water partition coefficient (Wildman–Crippen LogP) is -0.0900. The highest BCUT2D eigenvalue weighted by Crippen LogP contribution is 2.27. The lowest BCUT2D eigenvalue weighted by Gasteiger charge is -2.20. The molecule has 1 fully saturated rings. The molecule has 4 nitrogen and oxygen atoms in total. The van der Waals surface area contributed by atoms with Crippen LogP contribution in [0.5, 0.6) is 0 Å². The van der Waals surface area contributed by atoms with Crippen LogP contribution in [0.1, 0.15) is 20.3 Å². The Balaban J connectivity index is 2.38. The Kier molecular flexibility index (Phi) is 3.27. The molecule has 1 unspecified atom stereocenters. The molecule has 1 amide bonds. The second kappa shape index (κ2) is 4.07. The fourth-order valence-electron chi connectivity index (χ4n) is 1.30. The Labute approximate surface area is 78.3 Å². The molecular formula is C9H17NO3. The molecule has 2 atom stereocenters. The van der Waals surface area contributed by atoms with Gasteiger partial charge in [-0.15, -0.1) is 0 Å². The summed E-state index contributed by atoms with van der Waals surface area (Å²) in [6.45, 7) is 4.98. The first-order valence-electron chi connectivity index (χ1n) is 4.59. The largest absolute Gasteiger partial charge is 0.392 e. The Morgan fingerprint density at radius 3 is 2.92 bits per heavy atom. The van der Waals surface area contributed by atoms with Gasteiger partial charge in [-0.2, -0.15) is 0 Å². The van der Waals surface area contributed by atoms with Crippen molar-refractivity contribution in [2.75, 3.05) is 19.8 Å². The molecule has 1 heterocycles. The van der Waals surface area contributed by atoms with Crippen LogP contribution in [-0.2, 0) is 9.53 Å². The third-order valence-corrected chi connectivity index (χ3v) is 2.33. The number of aliphatic hydroxyl groups is 1. The molecule has 0 spiro atoms. The Bertz CT molecular complexity index is 185. The van der Waals surface area contributed by atoms with Crippen LogP contribution in [0.25, 0.3) is 0 Å². The molecule has 76 valence electrons. The first-order valence-corrected chi connectivity index (χ1v) is 4.59. The number of hydrogen-bond donors (Lipinski definition) is 2. The van der Waals surface area contributed by atoms with Crippen molar-refractivity contribution in [1.29, 1.82) is 0 Å². The standard InChI is InChI=1S/C9H17NO3/c1-7(11)5-10-8(12)9(2)3-4-13-6-9/h7,11H,3-6H2,1-2H3,(H,10,12)/t7-,9?/m1/s1.